The molecular weight excluding hydrogens is 520 g/mol. The summed E-state index contributed by atoms with van der Waals surface area (Å²) in [6.45, 7) is 2.24. The minimum absolute atomic E-state index is 0.251. The molecule has 0 unspecified atom stereocenters. The fourth-order valence-corrected chi connectivity index (χ4v) is 4.15. The van der Waals surface area contributed by atoms with Crippen molar-refractivity contribution in [2.75, 3.05) is 13.2 Å². The van der Waals surface area contributed by atoms with Gasteiger partial charge >= 0.3 is 5.97 Å². The number of benzene rings is 4. The van der Waals surface area contributed by atoms with E-state index in [-0.39, 0.29) is 18.0 Å². The van der Waals surface area contributed by atoms with Gasteiger partial charge in [0.25, 0.3) is 0 Å². The molecule has 4 rings (SSSR count). The van der Waals surface area contributed by atoms with Crippen molar-refractivity contribution in [2.24, 2.45) is 0 Å². The number of carbonyl (C=O) groups excluding carboxylic acids is 2. The van der Waals surface area contributed by atoms with Crippen LogP contribution in [0.4, 0.5) is 0 Å². The number of rotatable bonds is 10. The number of hydrogen-bond donors (Lipinski definition) is 0. The van der Waals surface area contributed by atoms with Gasteiger partial charge in [0.05, 0.1) is 16.6 Å². The number of carbonyl (C=O) groups is 2. The quantitative estimate of drug-likeness (QED) is 0.157. The fourth-order valence-electron chi connectivity index (χ4n) is 3.59. The molecule has 0 spiro atoms. The molecule has 0 N–H and O–H groups in total. The highest BCUT2D eigenvalue weighted by molar-refractivity contribution is 9.10. The molecule has 5 nitrogen and oxygen atoms in total. The summed E-state index contributed by atoms with van der Waals surface area (Å²) in [6, 6.07) is 30.0. The molecule has 0 radical (unpaired) electrons. The van der Waals surface area contributed by atoms with Crippen LogP contribution in [0.5, 0.6) is 11.5 Å². The van der Waals surface area contributed by atoms with Crippen LogP contribution in [0.2, 0.25) is 0 Å². The molecule has 0 amide bonds. The number of ketones is 1. The molecule has 0 fully saturated rings. The van der Waals surface area contributed by atoms with Crippen LogP contribution in [0.25, 0.3) is 11.1 Å². The third-order valence-corrected chi connectivity index (χ3v) is 6.01. The van der Waals surface area contributed by atoms with Crippen LogP contribution in [0, 0.1) is 0 Å². The maximum absolute atomic E-state index is 12.8. The van der Waals surface area contributed by atoms with E-state index in [2.05, 4.69) is 15.9 Å². The Labute approximate surface area is 218 Å². The van der Waals surface area contributed by atoms with Crippen molar-refractivity contribution in [3.8, 4) is 22.6 Å². The molecule has 0 bridgehead atoms. The summed E-state index contributed by atoms with van der Waals surface area (Å²) >= 11 is 3.46. The van der Waals surface area contributed by atoms with E-state index in [1.54, 1.807) is 24.3 Å². The van der Waals surface area contributed by atoms with Crippen molar-refractivity contribution < 1.29 is 23.8 Å². The molecule has 0 aromatic heterocycles. The minimum Gasteiger partial charge on any atom is -0.489 e. The summed E-state index contributed by atoms with van der Waals surface area (Å²) in [7, 11) is 0. The second-order valence-corrected chi connectivity index (χ2v) is 8.79. The standard InChI is InChI=1S/C30H25BrO5/c1-2-34-29-26(31)17-25(18-28(29)35-19-21-9-5-3-6-10-21)30(33)36-20-27(32)24-15-13-23(14-16-24)22-11-7-4-8-12-22/h3-18H,2,19-20H2,1H3. The van der Waals surface area contributed by atoms with Gasteiger partial charge in [0.15, 0.2) is 23.9 Å². The number of Topliss-reactive ketones (excluding diaryl/α,β-unsaturated/α-hetero) is 1. The highest BCUT2D eigenvalue weighted by Gasteiger charge is 2.18. The first-order valence-corrected chi connectivity index (χ1v) is 12.3. The lowest BCUT2D eigenvalue weighted by molar-refractivity contribution is 0.0474. The average Bonchev–Trinajstić information content (AvgIpc) is 2.93. The summed E-state index contributed by atoms with van der Waals surface area (Å²) in [6.07, 6.45) is 0. The van der Waals surface area contributed by atoms with E-state index >= 15 is 0 Å². The predicted octanol–water partition coefficient (Wildman–Crippen LogP) is 7.13. The van der Waals surface area contributed by atoms with E-state index < -0.39 is 5.97 Å². The van der Waals surface area contributed by atoms with Crippen molar-refractivity contribution >= 4 is 27.7 Å². The van der Waals surface area contributed by atoms with Crippen molar-refractivity contribution in [2.45, 2.75) is 13.5 Å². The second-order valence-electron chi connectivity index (χ2n) is 7.94. The van der Waals surface area contributed by atoms with Gasteiger partial charge in [0, 0.05) is 5.56 Å². The van der Waals surface area contributed by atoms with Gasteiger partial charge in [0.1, 0.15) is 6.61 Å². The average molecular weight is 545 g/mol. The van der Waals surface area contributed by atoms with Gasteiger partial charge < -0.3 is 14.2 Å². The summed E-state index contributed by atoms with van der Waals surface area (Å²) in [5.74, 6) is -0.00417. The first-order chi connectivity index (χ1) is 17.5. The number of halogens is 1. The summed E-state index contributed by atoms with van der Waals surface area (Å²) < 4.78 is 17.6. The van der Waals surface area contributed by atoms with Crippen molar-refractivity contribution in [1.29, 1.82) is 0 Å². The highest BCUT2D eigenvalue weighted by atomic mass is 79.9. The normalized spacial score (nSPS) is 10.5. The molecule has 0 aliphatic heterocycles. The molecule has 0 saturated heterocycles. The van der Waals surface area contributed by atoms with Gasteiger partial charge in [-0.25, -0.2) is 4.79 Å². The Morgan fingerprint density at radius 2 is 1.39 bits per heavy atom. The fraction of sp³-hybridized carbons (Fsp3) is 0.133. The van der Waals surface area contributed by atoms with Gasteiger partial charge in [-0.3, -0.25) is 4.79 Å². The van der Waals surface area contributed by atoms with E-state index in [0.29, 0.717) is 34.7 Å². The Kier molecular flexibility index (Phi) is 8.53. The first-order valence-electron chi connectivity index (χ1n) is 11.5. The lowest BCUT2D eigenvalue weighted by Crippen LogP contribution is -2.14. The van der Waals surface area contributed by atoms with E-state index in [9.17, 15) is 9.59 Å². The Hall–Kier alpha value is -3.90. The zero-order valence-corrected chi connectivity index (χ0v) is 21.4. The van der Waals surface area contributed by atoms with E-state index in [1.165, 1.54) is 0 Å². The molecule has 0 saturated carbocycles. The summed E-state index contributed by atoms with van der Waals surface area (Å²) in [5.41, 5.74) is 3.77. The van der Waals surface area contributed by atoms with Gasteiger partial charge in [-0.2, -0.15) is 0 Å². The third-order valence-electron chi connectivity index (χ3n) is 5.42. The lowest BCUT2D eigenvalue weighted by Gasteiger charge is -2.15. The van der Waals surface area contributed by atoms with Gasteiger partial charge in [-0.1, -0.05) is 84.9 Å². The number of ether oxygens (including phenoxy) is 3. The van der Waals surface area contributed by atoms with Crippen LogP contribution in [0.15, 0.2) is 102 Å². The van der Waals surface area contributed by atoms with Crippen LogP contribution in [-0.2, 0) is 11.3 Å². The van der Waals surface area contributed by atoms with Crippen LogP contribution < -0.4 is 9.47 Å². The topological polar surface area (TPSA) is 61.8 Å². The molecule has 0 aliphatic carbocycles. The number of esters is 1. The maximum atomic E-state index is 12.8. The lowest BCUT2D eigenvalue weighted by atomic mass is 10.0. The zero-order chi connectivity index (χ0) is 25.3. The third kappa shape index (κ3) is 6.40. The highest BCUT2D eigenvalue weighted by Crippen LogP contribution is 2.37. The van der Waals surface area contributed by atoms with Crippen molar-refractivity contribution in [3.05, 3.63) is 118 Å². The van der Waals surface area contributed by atoms with Crippen molar-refractivity contribution in [3.63, 3.8) is 0 Å². The summed E-state index contributed by atoms with van der Waals surface area (Å²) in [5, 5.41) is 0. The number of hydrogen-bond acceptors (Lipinski definition) is 5. The van der Waals surface area contributed by atoms with Crippen molar-refractivity contribution in [1.82, 2.24) is 0 Å². The molecular formula is C30H25BrO5. The molecule has 4 aromatic carbocycles. The molecule has 36 heavy (non-hydrogen) atoms. The molecule has 6 heteroatoms. The Morgan fingerprint density at radius 1 is 0.750 bits per heavy atom. The monoisotopic (exact) mass is 544 g/mol. The molecule has 0 atom stereocenters. The Morgan fingerprint density at radius 3 is 2.06 bits per heavy atom. The Bertz CT molecular complexity index is 1320. The molecule has 0 heterocycles. The zero-order valence-electron chi connectivity index (χ0n) is 19.8. The van der Waals surface area contributed by atoms with Crippen LogP contribution in [0.1, 0.15) is 33.2 Å². The summed E-state index contributed by atoms with van der Waals surface area (Å²) in [4.78, 5) is 25.4. The maximum Gasteiger partial charge on any atom is 0.338 e. The van der Waals surface area contributed by atoms with Gasteiger partial charge in [0.2, 0.25) is 0 Å². The predicted molar refractivity (Wildman–Crippen MR) is 143 cm³/mol. The molecule has 182 valence electrons. The molecule has 0 aliphatic rings. The minimum atomic E-state index is -0.627. The van der Waals surface area contributed by atoms with Gasteiger partial charge in [-0.15, -0.1) is 0 Å². The smallest absolute Gasteiger partial charge is 0.338 e. The Balaban J connectivity index is 1.43. The van der Waals surface area contributed by atoms with Crippen LogP contribution in [-0.4, -0.2) is 25.0 Å². The second kappa shape index (κ2) is 12.2. The van der Waals surface area contributed by atoms with E-state index in [4.69, 9.17) is 14.2 Å². The largest absolute Gasteiger partial charge is 0.489 e. The SMILES string of the molecule is CCOc1c(Br)cc(C(=O)OCC(=O)c2ccc(-c3ccccc3)cc2)cc1OCc1ccccc1. The van der Waals surface area contributed by atoms with E-state index in [0.717, 1.165) is 16.7 Å². The first kappa shape index (κ1) is 25.2. The van der Waals surface area contributed by atoms with E-state index in [1.807, 2.05) is 79.7 Å². The van der Waals surface area contributed by atoms with Crippen LogP contribution in [0.3, 0.4) is 0 Å². The molecule has 4 aromatic rings. The van der Waals surface area contributed by atoms with Crippen LogP contribution >= 0.6 is 15.9 Å². The van der Waals surface area contributed by atoms with Gasteiger partial charge in [-0.05, 0) is 51.7 Å².